The van der Waals surface area contributed by atoms with Gasteiger partial charge in [0.25, 0.3) is 0 Å². The molecule has 0 aliphatic rings. The van der Waals surface area contributed by atoms with E-state index in [0.29, 0.717) is 47.8 Å². The summed E-state index contributed by atoms with van der Waals surface area (Å²) in [4.78, 5) is 10.1. The monoisotopic (exact) mass is 467 g/mol. The van der Waals surface area contributed by atoms with E-state index < -0.39 is 0 Å². The van der Waals surface area contributed by atoms with Gasteiger partial charge in [0.2, 0.25) is 5.89 Å². The predicted octanol–water partition coefficient (Wildman–Crippen LogP) is 3.04. The van der Waals surface area contributed by atoms with Crippen LogP contribution in [0.2, 0.25) is 5.02 Å². The first-order chi connectivity index (χ1) is 11.0. The number of aromatic nitrogens is 2. The lowest BCUT2D eigenvalue weighted by atomic mass is 10.2. The molecule has 0 saturated carbocycles. The first-order valence-corrected chi connectivity index (χ1v) is 7.53. The van der Waals surface area contributed by atoms with Gasteiger partial charge < -0.3 is 14.7 Å². The van der Waals surface area contributed by atoms with E-state index in [0.717, 1.165) is 0 Å². The van der Waals surface area contributed by atoms with Gasteiger partial charge in [-0.25, -0.2) is 4.39 Å². The lowest BCUT2D eigenvalue weighted by molar-refractivity contribution is 0.373. The van der Waals surface area contributed by atoms with E-state index in [4.69, 9.17) is 16.1 Å². The van der Waals surface area contributed by atoms with E-state index in [1.54, 1.807) is 31.0 Å². The topological polar surface area (TPSA) is 66.5 Å². The molecular formula is C15H20ClFIN5O. The molecule has 1 aromatic heterocycles. The molecule has 0 fully saturated rings. The Morgan fingerprint density at radius 2 is 2.21 bits per heavy atom. The summed E-state index contributed by atoms with van der Waals surface area (Å²) in [5.41, 5.74) is 0.437. The summed E-state index contributed by atoms with van der Waals surface area (Å²) in [6.07, 6.45) is 0.578. The quantitative estimate of drug-likeness (QED) is 0.416. The molecule has 0 spiro atoms. The summed E-state index contributed by atoms with van der Waals surface area (Å²) >= 11 is 6.05. The molecule has 0 saturated heterocycles. The van der Waals surface area contributed by atoms with E-state index in [1.807, 2.05) is 7.05 Å². The van der Waals surface area contributed by atoms with Gasteiger partial charge in [-0.15, -0.1) is 24.0 Å². The Hall–Kier alpha value is -1.42. The number of hydrogen-bond donors (Lipinski definition) is 1. The Kier molecular flexibility index (Phi) is 8.40. The zero-order chi connectivity index (χ0) is 16.8. The zero-order valence-electron chi connectivity index (χ0n) is 13.7. The van der Waals surface area contributed by atoms with Gasteiger partial charge in [0.15, 0.2) is 11.8 Å². The van der Waals surface area contributed by atoms with Crippen molar-refractivity contribution in [2.75, 3.05) is 20.6 Å². The van der Waals surface area contributed by atoms with Crippen LogP contribution in [0.3, 0.4) is 0 Å². The average molecular weight is 468 g/mol. The number of nitrogens with one attached hydrogen (secondary N) is 1. The molecule has 2 aromatic rings. The minimum Gasteiger partial charge on any atom is -0.356 e. The molecule has 132 valence electrons. The van der Waals surface area contributed by atoms with Crippen LogP contribution in [0.1, 0.15) is 17.3 Å². The Morgan fingerprint density at radius 3 is 2.79 bits per heavy atom. The molecule has 0 aliphatic heterocycles. The van der Waals surface area contributed by atoms with Crippen LogP contribution in [0.4, 0.5) is 4.39 Å². The highest BCUT2D eigenvalue weighted by atomic mass is 127. The highest BCUT2D eigenvalue weighted by molar-refractivity contribution is 14.0. The standard InChI is InChI=1S/C15H19ClFN5O.HI/c1-10-20-14(23-21-10)7-8-19-15(18-2)22(3)9-11-12(16)5-4-6-13(11)17;/h4-6H,7-9H2,1-3H3,(H,18,19);1H. The molecule has 0 unspecified atom stereocenters. The third-order valence-corrected chi connectivity index (χ3v) is 3.58. The van der Waals surface area contributed by atoms with Gasteiger partial charge in [-0.05, 0) is 19.1 Å². The summed E-state index contributed by atoms with van der Waals surface area (Å²) in [6, 6.07) is 4.64. The molecule has 0 bridgehead atoms. The van der Waals surface area contributed by atoms with Crippen molar-refractivity contribution < 1.29 is 8.91 Å². The van der Waals surface area contributed by atoms with Gasteiger partial charge in [-0.2, -0.15) is 4.98 Å². The number of aryl methyl sites for hydroxylation is 1. The summed E-state index contributed by atoms with van der Waals surface area (Å²) in [7, 11) is 3.48. The van der Waals surface area contributed by atoms with Crippen molar-refractivity contribution in [3.8, 4) is 0 Å². The van der Waals surface area contributed by atoms with Crippen LogP contribution in [0, 0.1) is 12.7 Å². The Bertz CT molecular complexity index is 674. The van der Waals surface area contributed by atoms with Crippen molar-refractivity contribution in [3.05, 3.63) is 46.3 Å². The Morgan fingerprint density at radius 1 is 1.46 bits per heavy atom. The van der Waals surface area contributed by atoms with Crippen molar-refractivity contribution in [3.63, 3.8) is 0 Å². The van der Waals surface area contributed by atoms with Gasteiger partial charge in [0.1, 0.15) is 5.82 Å². The summed E-state index contributed by atoms with van der Waals surface area (Å²) < 4.78 is 18.9. The van der Waals surface area contributed by atoms with Crippen LogP contribution in [0.25, 0.3) is 0 Å². The molecule has 1 heterocycles. The van der Waals surface area contributed by atoms with Gasteiger partial charge in [0.05, 0.1) is 0 Å². The third kappa shape index (κ3) is 5.59. The average Bonchev–Trinajstić information content (AvgIpc) is 2.93. The molecule has 1 N–H and O–H groups in total. The van der Waals surface area contributed by atoms with Crippen LogP contribution in [0.15, 0.2) is 27.7 Å². The Balaban J connectivity index is 0.00000288. The van der Waals surface area contributed by atoms with Crippen molar-refractivity contribution in [2.45, 2.75) is 19.9 Å². The van der Waals surface area contributed by atoms with E-state index in [9.17, 15) is 4.39 Å². The van der Waals surface area contributed by atoms with Crippen LogP contribution < -0.4 is 5.32 Å². The second kappa shape index (κ2) is 9.77. The summed E-state index contributed by atoms with van der Waals surface area (Å²) in [5, 5.41) is 7.30. The van der Waals surface area contributed by atoms with Gasteiger partial charge >= 0.3 is 0 Å². The molecular weight excluding hydrogens is 448 g/mol. The maximum Gasteiger partial charge on any atom is 0.228 e. The molecule has 0 atom stereocenters. The SMILES string of the molecule is CN=C(NCCc1nc(C)no1)N(C)Cc1c(F)cccc1Cl.I. The molecule has 1 aromatic carbocycles. The number of nitrogens with zero attached hydrogens (tertiary/aromatic N) is 4. The van der Waals surface area contributed by atoms with Gasteiger partial charge in [-0.3, -0.25) is 4.99 Å². The molecule has 6 nitrogen and oxygen atoms in total. The zero-order valence-corrected chi connectivity index (χ0v) is 16.8. The second-order valence-electron chi connectivity index (χ2n) is 5.02. The van der Waals surface area contributed by atoms with E-state index in [1.165, 1.54) is 6.07 Å². The second-order valence-corrected chi connectivity index (χ2v) is 5.42. The maximum atomic E-state index is 13.9. The van der Waals surface area contributed by atoms with Crippen LogP contribution in [-0.4, -0.2) is 41.6 Å². The molecule has 0 aliphatic carbocycles. The summed E-state index contributed by atoms with van der Waals surface area (Å²) in [5.74, 6) is 1.46. The molecule has 2 rings (SSSR count). The normalized spacial score (nSPS) is 11.1. The number of rotatable bonds is 5. The number of guanidine groups is 1. The highest BCUT2D eigenvalue weighted by Gasteiger charge is 2.13. The predicted molar refractivity (Wildman–Crippen MR) is 102 cm³/mol. The summed E-state index contributed by atoms with van der Waals surface area (Å²) in [6.45, 7) is 2.65. The van der Waals surface area contributed by atoms with Crippen LogP contribution in [0.5, 0.6) is 0 Å². The van der Waals surface area contributed by atoms with E-state index in [2.05, 4.69) is 20.4 Å². The van der Waals surface area contributed by atoms with E-state index >= 15 is 0 Å². The van der Waals surface area contributed by atoms with Gasteiger partial charge in [-0.1, -0.05) is 22.8 Å². The molecule has 0 radical (unpaired) electrons. The number of halogens is 3. The fourth-order valence-electron chi connectivity index (χ4n) is 2.10. The Labute approximate surface area is 162 Å². The first-order valence-electron chi connectivity index (χ1n) is 7.15. The van der Waals surface area contributed by atoms with E-state index in [-0.39, 0.29) is 29.8 Å². The molecule has 0 amide bonds. The van der Waals surface area contributed by atoms with Crippen molar-refractivity contribution in [1.29, 1.82) is 0 Å². The number of benzene rings is 1. The van der Waals surface area contributed by atoms with Crippen molar-refractivity contribution in [2.24, 2.45) is 4.99 Å². The largest absolute Gasteiger partial charge is 0.356 e. The smallest absolute Gasteiger partial charge is 0.228 e. The minimum atomic E-state index is -0.332. The number of aliphatic imine (C=N–C) groups is 1. The minimum absolute atomic E-state index is 0. The number of hydrogen-bond acceptors (Lipinski definition) is 4. The fraction of sp³-hybridized carbons (Fsp3) is 0.400. The highest BCUT2D eigenvalue weighted by Crippen LogP contribution is 2.20. The molecule has 24 heavy (non-hydrogen) atoms. The van der Waals surface area contributed by atoms with Crippen LogP contribution in [-0.2, 0) is 13.0 Å². The molecule has 9 heteroatoms. The fourth-order valence-corrected chi connectivity index (χ4v) is 2.33. The lowest BCUT2D eigenvalue weighted by Crippen LogP contribution is -2.39. The third-order valence-electron chi connectivity index (χ3n) is 3.22. The van der Waals surface area contributed by atoms with Crippen molar-refractivity contribution in [1.82, 2.24) is 20.4 Å². The maximum absolute atomic E-state index is 13.9. The van der Waals surface area contributed by atoms with Crippen molar-refractivity contribution >= 4 is 41.5 Å². The lowest BCUT2D eigenvalue weighted by Gasteiger charge is -2.22. The van der Waals surface area contributed by atoms with Gasteiger partial charge in [0, 0.05) is 44.2 Å². The first kappa shape index (κ1) is 20.6. The van der Waals surface area contributed by atoms with Crippen LogP contribution >= 0.6 is 35.6 Å².